The lowest BCUT2D eigenvalue weighted by Crippen LogP contribution is -2.22. The zero-order chi connectivity index (χ0) is 12.4. The number of hydrogen-bond donors (Lipinski definition) is 0. The number of hydrogen-bond acceptors (Lipinski definition) is 2. The van der Waals surface area contributed by atoms with E-state index in [2.05, 4.69) is 0 Å². The Balaban J connectivity index is 2.39. The molecule has 2 atom stereocenters. The third-order valence-electron chi connectivity index (χ3n) is 2.83. The predicted molar refractivity (Wildman–Crippen MR) is 53.3 cm³/mol. The molecular formula is C12H10F3NO. The fourth-order valence-corrected chi connectivity index (χ4v) is 1.98. The van der Waals surface area contributed by atoms with Crippen molar-refractivity contribution in [3.63, 3.8) is 0 Å². The molecular weight excluding hydrogens is 231 g/mol. The summed E-state index contributed by atoms with van der Waals surface area (Å²) in [7, 11) is 0. The van der Waals surface area contributed by atoms with Gasteiger partial charge in [-0.3, -0.25) is 0 Å². The second-order valence-electron chi connectivity index (χ2n) is 3.96. The van der Waals surface area contributed by atoms with Gasteiger partial charge in [0.2, 0.25) is 0 Å². The first-order valence-corrected chi connectivity index (χ1v) is 5.29. The lowest BCUT2D eigenvalue weighted by Gasteiger charge is -2.27. The molecule has 2 unspecified atom stereocenters. The molecule has 0 aromatic heterocycles. The van der Waals surface area contributed by atoms with Gasteiger partial charge in [-0.15, -0.1) is 0 Å². The van der Waals surface area contributed by atoms with Crippen LogP contribution in [0.25, 0.3) is 0 Å². The van der Waals surface area contributed by atoms with Crippen molar-refractivity contribution in [1.29, 1.82) is 5.26 Å². The predicted octanol–water partition coefficient (Wildman–Crippen LogP) is 3.10. The van der Waals surface area contributed by atoms with Gasteiger partial charge in [-0.1, -0.05) is 0 Å². The minimum absolute atomic E-state index is 0.0878. The average Bonchev–Trinajstić information content (AvgIpc) is 2.34. The third kappa shape index (κ3) is 2.27. The number of benzene rings is 1. The lowest BCUT2D eigenvalue weighted by atomic mass is 9.90. The summed E-state index contributed by atoms with van der Waals surface area (Å²) >= 11 is 0. The maximum atomic E-state index is 13.5. The number of halogens is 3. The molecule has 5 heteroatoms. The molecule has 1 aromatic carbocycles. The molecule has 1 saturated heterocycles. The summed E-state index contributed by atoms with van der Waals surface area (Å²) < 4.78 is 44.7. The van der Waals surface area contributed by atoms with Gasteiger partial charge in [0.25, 0.3) is 0 Å². The van der Waals surface area contributed by atoms with Crippen molar-refractivity contribution in [2.75, 3.05) is 6.61 Å². The average molecular weight is 241 g/mol. The molecule has 0 N–H and O–H groups in total. The maximum Gasteiger partial charge on any atom is 0.161 e. The SMILES string of the molecule is N#CC1CCCOC1c1cc(F)c(F)cc1F. The van der Waals surface area contributed by atoms with Crippen LogP contribution in [0.2, 0.25) is 0 Å². The highest BCUT2D eigenvalue weighted by Gasteiger charge is 2.30. The van der Waals surface area contributed by atoms with Gasteiger partial charge in [0, 0.05) is 18.2 Å². The number of rotatable bonds is 1. The van der Waals surface area contributed by atoms with Crippen LogP contribution in [0, 0.1) is 34.7 Å². The van der Waals surface area contributed by atoms with Crippen LogP contribution in [0.15, 0.2) is 12.1 Å². The molecule has 17 heavy (non-hydrogen) atoms. The number of ether oxygens (including phenoxy) is 1. The monoisotopic (exact) mass is 241 g/mol. The minimum Gasteiger partial charge on any atom is -0.372 e. The fourth-order valence-electron chi connectivity index (χ4n) is 1.98. The Morgan fingerprint density at radius 2 is 1.88 bits per heavy atom. The molecule has 0 bridgehead atoms. The lowest BCUT2D eigenvalue weighted by molar-refractivity contribution is -0.0124. The molecule has 0 amide bonds. The van der Waals surface area contributed by atoms with Crippen molar-refractivity contribution < 1.29 is 17.9 Å². The summed E-state index contributed by atoms with van der Waals surface area (Å²) in [4.78, 5) is 0. The quantitative estimate of drug-likeness (QED) is 0.708. The van der Waals surface area contributed by atoms with Gasteiger partial charge in [-0.25, -0.2) is 13.2 Å². The van der Waals surface area contributed by atoms with Crippen LogP contribution in [0.5, 0.6) is 0 Å². The Morgan fingerprint density at radius 3 is 2.59 bits per heavy atom. The Morgan fingerprint density at radius 1 is 1.18 bits per heavy atom. The number of nitrogens with zero attached hydrogens (tertiary/aromatic N) is 1. The Bertz CT molecular complexity index is 470. The first-order chi connectivity index (χ1) is 8.13. The van der Waals surface area contributed by atoms with Gasteiger partial charge in [-0.05, 0) is 18.9 Å². The van der Waals surface area contributed by atoms with E-state index in [-0.39, 0.29) is 5.56 Å². The zero-order valence-corrected chi connectivity index (χ0v) is 8.92. The van der Waals surface area contributed by atoms with E-state index in [9.17, 15) is 13.2 Å². The van der Waals surface area contributed by atoms with Crippen molar-refractivity contribution in [1.82, 2.24) is 0 Å². The molecule has 1 aliphatic rings. The fraction of sp³-hybridized carbons (Fsp3) is 0.417. The normalized spacial score (nSPS) is 24.4. The van der Waals surface area contributed by atoms with Gasteiger partial charge in [0.05, 0.1) is 12.0 Å². The van der Waals surface area contributed by atoms with Crippen LogP contribution >= 0.6 is 0 Å². The summed E-state index contributed by atoms with van der Waals surface area (Å²) in [5.74, 6) is -3.78. The Hall–Kier alpha value is -1.54. The molecule has 2 rings (SSSR count). The zero-order valence-electron chi connectivity index (χ0n) is 8.92. The molecule has 0 radical (unpaired) electrons. The van der Waals surface area contributed by atoms with Crippen LogP contribution in [0.4, 0.5) is 13.2 Å². The van der Waals surface area contributed by atoms with E-state index in [1.165, 1.54) is 0 Å². The topological polar surface area (TPSA) is 33.0 Å². The van der Waals surface area contributed by atoms with Crippen molar-refractivity contribution in [2.24, 2.45) is 5.92 Å². The van der Waals surface area contributed by atoms with Crippen LogP contribution < -0.4 is 0 Å². The smallest absolute Gasteiger partial charge is 0.161 e. The second kappa shape index (κ2) is 4.76. The van der Waals surface area contributed by atoms with Crippen LogP contribution in [0.3, 0.4) is 0 Å². The largest absolute Gasteiger partial charge is 0.372 e. The summed E-state index contributed by atoms with van der Waals surface area (Å²) in [5.41, 5.74) is -0.0878. The molecule has 90 valence electrons. The maximum absolute atomic E-state index is 13.5. The van der Waals surface area contributed by atoms with E-state index in [1.54, 1.807) is 0 Å². The molecule has 0 saturated carbocycles. The van der Waals surface area contributed by atoms with Crippen molar-refractivity contribution in [3.05, 3.63) is 35.1 Å². The first-order valence-electron chi connectivity index (χ1n) is 5.29. The first kappa shape index (κ1) is 11.9. The standard InChI is InChI=1S/C12H10F3NO/c13-9-5-11(15)10(14)4-8(9)12-7(6-16)2-1-3-17-12/h4-5,7,12H,1-3H2. The summed E-state index contributed by atoms with van der Waals surface area (Å²) in [6.45, 7) is 0.390. The second-order valence-corrected chi connectivity index (χ2v) is 3.96. The van der Waals surface area contributed by atoms with Gasteiger partial charge in [-0.2, -0.15) is 5.26 Å². The van der Waals surface area contributed by atoms with Gasteiger partial charge in [0.1, 0.15) is 11.9 Å². The molecule has 0 spiro atoms. The van der Waals surface area contributed by atoms with Crippen molar-refractivity contribution in [2.45, 2.75) is 18.9 Å². The Kier molecular flexibility index (Phi) is 3.34. The third-order valence-corrected chi connectivity index (χ3v) is 2.83. The van der Waals surface area contributed by atoms with Gasteiger partial charge >= 0.3 is 0 Å². The van der Waals surface area contributed by atoms with E-state index >= 15 is 0 Å². The van der Waals surface area contributed by atoms with Crippen LogP contribution in [0.1, 0.15) is 24.5 Å². The van der Waals surface area contributed by atoms with Crippen molar-refractivity contribution >= 4 is 0 Å². The highest BCUT2D eigenvalue weighted by atomic mass is 19.2. The van der Waals surface area contributed by atoms with E-state index in [0.29, 0.717) is 25.5 Å². The van der Waals surface area contributed by atoms with E-state index in [1.807, 2.05) is 6.07 Å². The summed E-state index contributed by atoms with van der Waals surface area (Å²) in [5, 5.41) is 8.92. The van der Waals surface area contributed by atoms with E-state index < -0.39 is 29.5 Å². The minimum atomic E-state index is -1.24. The molecule has 1 aromatic rings. The summed E-state index contributed by atoms with van der Waals surface area (Å²) in [6, 6.07) is 3.26. The van der Waals surface area contributed by atoms with Gasteiger partial charge < -0.3 is 4.74 Å². The van der Waals surface area contributed by atoms with Crippen LogP contribution in [-0.4, -0.2) is 6.61 Å². The molecule has 1 heterocycles. The van der Waals surface area contributed by atoms with Crippen molar-refractivity contribution in [3.8, 4) is 6.07 Å². The van der Waals surface area contributed by atoms with Gasteiger partial charge in [0.15, 0.2) is 11.6 Å². The van der Waals surface area contributed by atoms with E-state index in [4.69, 9.17) is 10.00 Å². The molecule has 1 fully saturated rings. The highest BCUT2D eigenvalue weighted by molar-refractivity contribution is 5.24. The number of nitriles is 1. The Labute approximate surface area is 96.6 Å². The molecule has 0 aliphatic carbocycles. The highest BCUT2D eigenvalue weighted by Crippen LogP contribution is 2.35. The summed E-state index contributed by atoms with van der Waals surface area (Å²) in [6.07, 6.45) is 0.462. The van der Waals surface area contributed by atoms with Crippen LogP contribution in [-0.2, 0) is 4.74 Å². The van der Waals surface area contributed by atoms with E-state index in [0.717, 1.165) is 6.07 Å². The molecule has 1 aliphatic heterocycles. The molecule has 2 nitrogen and oxygen atoms in total.